The van der Waals surface area contributed by atoms with E-state index in [1.54, 1.807) is 24.3 Å². The van der Waals surface area contributed by atoms with Gasteiger partial charge in [0.15, 0.2) is 0 Å². The summed E-state index contributed by atoms with van der Waals surface area (Å²) in [6.45, 7) is 2.47. The molecule has 1 fully saturated rings. The molecule has 1 aliphatic rings. The first-order valence-electron chi connectivity index (χ1n) is 10.5. The predicted molar refractivity (Wildman–Crippen MR) is 124 cm³/mol. The summed E-state index contributed by atoms with van der Waals surface area (Å²) >= 11 is 0. The van der Waals surface area contributed by atoms with Gasteiger partial charge in [0, 0.05) is 12.1 Å². The minimum Gasteiger partial charge on any atom is -0.341 e. The van der Waals surface area contributed by atoms with E-state index in [2.05, 4.69) is 5.32 Å². The molecule has 1 amide bonds. The number of carbonyl (C=O) groups is 1. The highest BCUT2D eigenvalue weighted by Gasteiger charge is 2.27. The van der Waals surface area contributed by atoms with Crippen molar-refractivity contribution in [2.45, 2.75) is 25.8 Å². The van der Waals surface area contributed by atoms with Crippen LogP contribution in [-0.2, 0) is 10.0 Å². The van der Waals surface area contributed by atoms with Crippen LogP contribution in [-0.4, -0.2) is 26.6 Å². The topological polar surface area (TPSA) is 66.5 Å². The lowest BCUT2D eigenvalue weighted by atomic mass is 9.94. The maximum absolute atomic E-state index is 13.2. The molecule has 3 aromatic rings. The Balaban J connectivity index is 1.65. The molecule has 0 aliphatic carbocycles. The van der Waals surface area contributed by atoms with Gasteiger partial charge in [-0.1, -0.05) is 60.7 Å². The Morgan fingerprint density at radius 3 is 2.42 bits per heavy atom. The van der Waals surface area contributed by atoms with Crippen molar-refractivity contribution in [3.05, 3.63) is 101 Å². The number of hydrogen-bond acceptors (Lipinski definition) is 3. The number of sulfonamides is 1. The van der Waals surface area contributed by atoms with Crippen LogP contribution in [0.2, 0.25) is 0 Å². The predicted octanol–water partition coefficient (Wildman–Crippen LogP) is 4.44. The molecule has 0 radical (unpaired) electrons. The highest BCUT2D eigenvalue weighted by molar-refractivity contribution is 7.92. The number of nitrogens with zero attached hydrogens (tertiary/aromatic N) is 1. The molecule has 1 heterocycles. The molecular weight excluding hydrogens is 408 g/mol. The molecule has 6 heteroatoms. The van der Waals surface area contributed by atoms with Crippen molar-refractivity contribution in [3.8, 4) is 0 Å². The fourth-order valence-corrected chi connectivity index (χ4v) is 5.62. The quantitative estimate of drug-likeness (QED) is 0.645. The number of benzene rings is 3. The van der Waals surface area contributed by atoms with Crippen molar-refractivity contribution in [2.24, 2.45) is 0 Å². The second-order valence-corrected chi connectivity index (χ2v) is 9.83. The molecule has 1 saturated heterocycles. The maximum atomic E-state index is 13.2. The largest absolute Gasteiger partial charge is 0.341 e. The number of carbonyl (C=O) groups excluding carboxylic acids is 1. The van der Waals surface area contributed by atoms with E-state index in [0.29, 0.717) is 24.2 Å². The molecule has 0 aromatic heterocycles. The first-order chi connectivity index (χ1) is 15.0. The van der Waals surface area contributed by atoms with Gasteiger partial charge in [0.1, 0.15) is 0 Å². The zero-order valence-electron chi connectivity index (χ0n) is 17.5. The first-order valence-corrected chi connectivity index (χ1v) is 12.1. The lowest BCUT2D eigenvalue weighted by Crippen LogP contribution is -2.38. The smallest absolute Gasteiger partial charge is 0.252 e. The highest BCUT2D eigenvalue weighted by atomic mass is 32.2. The Kier molecular flexibility index (Phi) is 6.09. The van der Waals surface area contributed by atoms with E-state index in [-0.39, 0.29) is 17.7 Å². The second-order valence-electron chi connectivity index (χ2n) is 7.82. The van der Waals surface area contributed by atoms with E-state index in [1.807, 2.05) is 61.5 Å². The van der Waals surface area contributed by atoms with E-state index < -0.39 is 10.0 Å². The van der Waals surface area contributed by atoms with Crippen LogP contribution in [0.3, 0.4) is 0 Å². The molecule has 1 unspecified atom stereocenters. The van der Waals surface area contributed by atoms with Gasteiger partial charge in [-0.3, -0.25) is 9.10 Å². The molecule has 1 atom stereocenters. The Morgan fingerprint density at radius 1 is 0.935 bits per heavy atom. The van der Waals surface area contributed by atoms with Gasteiger partial charge < -0.3 is 5.32 Å². The Bertz CT molecular complexity index is 1180. The van der Waals surface area contributed by atoms with Gasteiger partial charge >= 0.3 is 0 Å². The van der Waals surface area contributed by atoms with Crippen LogP contribution in [0, 0.1) is 6.92 Å². The lowest BCUT2D eigenvalue weighted by molar-refractivity contribution is 0.0943. The van der Waals surface area contributed by atoms with Crippen LogP contribution in [0.4, 0.5) is 5.69 Å². The molecular formula is C25H26N2O3S. The van der Waals surface area contributed by atoms with E-state index in [9.17, 15) is 13.2 Å². The molecule has 160 valence electrons. The van der Waals surface area contributed by atoms with E-state index in [4.69, 9.17) is 0 Å². The van der Waals surface area contributed by atoms with Crippen molar-refractivity contribution < 1.29 is 13.2 Å². The fraction of sp³-hybridized carbons (Fsp3) is 0.240. The van der Waals surface area contributed by atoms with Crippen LogP contribution in [0.5, 0.6) is 0 Å². The molecule has 3 aromatic carbocycles. The fourth-order valence-electron chi connectivity index (χ4n) is 3.99. The van der Waals surface area contributed by atoms with Crippen molar-refractivity contribution in [2.75, 3.05) is 16.6 Å². The summed E-state index contributed by atoms with van der Waals surface area (Å²) in [6.07, 6.45) is 1.49. The van der Waals surface area contributed by atoms with Crippen molar-refractivity contribution in [3.63, 3.8) is 0 Å². The van der Waals surface area contributed by atoms with Crippen LogP contribution in [0.15, 0.2) is 78.9 Å². The number of rotatable bonds is 5. The summed E-state index contributed by atoms with van der Waals surface area (Å²) in [5.74, 6) is -0.0966. The zero-order valence-corrected chi connectivity index (χ0v) is 18.3. The monoisotopic (exact) mass is 434 g/mol. The zero-order chi connectivity index (χ0) is 21.8. The number of anilines is 1. The molecule has 0 saturated carbocycles. The minimum atomic E-state index is -3.33. The van der Waals surface area contributed by atoms with Gasteiger partial charge in [0.05, 0.1) is 17.5 Å². The third-order valence-electron chi connectivity index (χ3n) is 5.65. The van der Waals surface area contributed by atoms with Gasteiger partial charge in [-0.05, 0) is 54.7 Å². The molecule has 1 N–H and O–H groups in total. The lowest BCUT2D eigenvalue weighted by Gasteiger charge is -2.28. The Hall–Kier alpha value is -3.12. The van der Waals surface area contributed by atoms with E-state index in [0.717, 1.165) is 23.1 Å². The average Bonchev–Trinajstić information content (AvgIpc) is 2.78. The Labute approximate surface area is 183 Å². The number of hydrogen-bond donors (Lipinski definition) is 1. The van der Waals surface area contributed by atoms with Gasteiger partial charge in [-0.2, -0.15) is 0 Å². The van der Waals surface area contributed by atoms with Crippen molar-refractivity contribution in [1.29, 1.82) is 0 Å². The average molecular weight is 435 g/mol. The van der Waals surface area contributed by atoms with Crippen LogP contribution < -0.4 is 9.62 Å². The summed E-state index contributed by atoms with van der Waals surface area (Å²) in [5.41, 5.74) is 4.08. The van der Waals surface area contributed by atoms with Gasteiger partial charge in [0.25, 0.3) is 5.91 Å². The molecule has 0 bridgehead atoms. The third kappa shape index (κ3) is 4.64. The molecule has 1 aliphatic heterocycles. The van der Waals surface area contributed by atoms with Gasteiger partial charge in [-0.25, -0.2) is 8.42 Å². The standard InChI is InChI=1S/C25H26N2O3S/c1-19-10-5-6-15-23(19)24(20-11-3-2-4-12-20)26-25(28)21-13-9-14-22(18-21)27-16-7-8-17-31(27,29)30/h2-6,9-15,18,24H,7-8,16-17H2,1H3,(H,26,28). The number of aryl methyl sites for hydroxylation is 1. The van der Waals surface area contributed by atoms with Gasteiger partial charge in [0.2, 0.25) is 10.0 Å². The van der Waals surface area contributed by atoms with E-state index in [1.165, 1.54) is 4.31 Å². The summed E-state index contributed by atoms with van der Waals surface area (Å²) in [5, 5.41) is 3.15. The second kappa shape index (κ2) is 8.94. The number of amides is 1. The first kappa shape index (κ1) is 21.1. The van der Waals surface area contributed by atoms with Crippen LogP contribution in [0.1, 0.15) is 45.9 Å². The van der Waals surface area contributed by atoms with Crippen LogP contribution >= 0.6 is 0 Å². The highest BCUT2D eigenvalue weighted by Crippen LogP contribution is 2.27. The summed E-state index contributed by atoms with van der Waals surface area (Å²) in [4.78, 5) is 13.2. The molecule has 4 rings (SSSR count). The summed E-state index contributed by atoms with van der Waals surface area (Å²) < 4.78 is 26.4. The summed E-state index contributed by atoms with van der Waals surface area (Å²) in [6, 6.07) is 24.4. The van der Waals surface area contributed by atoms with E-state index >= 15 is 0 Å². The third-order valence-corrected chi connectivity index (χ3v) is 7.52. The summed E-state index contributed by atoms with van der Waals surface area (Å²) in [7, 11) is -3.33. The Morgan fingerprint density at radius 2 is 1.68 bits per heavy atom. The maximum Gasteiger partial charge on any atom is 0.252 e. The molecule has 0 spiro atoms. The van der Waals surface area contributed by atoms with Crippen molar-refractivity contribution >= 4 is 21.6 Å². The minimum absolute atomic E-state index is 0.146. The molecule has 31 heavy (non-hydrogen) atoms. The van der Waals surface area contributed by atoms with Crippen LogP contribution in [0.25, 0.3) is 0 Å². The SMILES string of the molecule is Cc1ccccc1C(NC(=O)c1cccc(N2CCCCS2(=O)=O)c1)c1ccccc1. The van der Waals surface area contributed by atoms with Gasteiger partial charge in [-0.15, -0.1) is 0 Å². The number of nitrogens with one attached hydrogen (secondary N) is 1. The van der Waals surface area contributed by atoms with Crippen molar-refractivity contribution in [1.82, 2.24) is 5.32 Å². The normalized spacial score (nSPS) is 16.5. The molecule has 5 nitrogen and oxygen atoms in total.